The van der Waals surface area contributed by atoms with E-state index in [1.807, 2.05) is 41.3 Å². The Bertz CT molecular complexity index is 858. The van der Waals surface area contributed by atoms with E-state index in [1.54, 1.807) is 0 Å². The van der Waals surface area contributed by atoms with Gasteiger partial charge in [-0.15, -0.1) is 0 Å². The van der Waals surface area contributed by atoms with Gasteiger partial charge in [0.15, 0.2) is 0 Å². The molecule has 2 N–H and O–H groups in total. The number of nitrogens with one attached hydrogen (secondary N) is 2. The lowest BCUT2D eigenvalue weighted by molar-refractivity contribution is -0.123. The molecule has 0 unspecified atom stereocenters. The maximum absolute atomic E-state index is 12.8. The number of aryl methyl sites for hydroxylation is 1. The normalized spacial score (nSPS) is 18.4. The number of hydrogen-bond acceptors (Lipinski definition) is 2. The molecule has 1 fully saturated rings. The standard InChI is InChI=1S/C23H27N3O2/c27-22(21-12-6-9-18-8-1-2-11-20(18)21)24-16-17-7-5-10-19(15-17)25-23(28)26-13-3-4-14-26/h1-2,5,7-8,10-11,15,21H,3-4,6,9,12-14,16H2,(H,24,27)(H,25,28)/t21-/m1/s1. The van der Waals surface area contributed by atoms with E-state index in [1.165, 1.54) is 5.56 Å². The largest absolute Gasteiger partial charge is 0.351 e. The minimum atomic E-state index is -0.0667. The molecule has 1 heterocycles. The summed E-state index contributed by atoms with van der Waals surface area (Å²) in [5.41, 5.74) is 4.21. The van der Waals surface area contributed by atoms with Crippen LogP contribution in [0.25, 0.3) is 0 Å². The molecule has 5 nitrogen and oxygen atoms in total. The molecule has 4 rings (SSSR count). The van der Waals surface area contributed by atoms with Gasteiger partial charge in [0.2, 0.25) is 5.91 Å². The first kappa shape index (κ1) is 18.5. The zero-order valence-electron chi connectivity index (χ0n) is 16.1. The highest BCUT2D eigenvalue weighted by Gasteiger charge is 2.25. The van der Waals surface area contributed by atoms with Crippen LogP contribution >= 0.6 is 0 Å². The summed E-state index contributed by atoms with van der Waals surface area (Å²) < 4.78 is 0. The van der Waals surface area contributed by atoms with E-state index in [4.69, 9.17) is 0 Å². The number of carbonyl (C=O) groups is 2. The minimum Gasteiger partial charge on any atom is -0.351 e. The maximum atomic E-state index is 12.8. The van der Waals surface area contributed by atoms with E-state index >= 15 is 0 Å². The van der Waals surface area contributed by atoms with E-state index in [2.05, 4.69) is 22.8 Å². The molecule has 2 aromatic rings. The van der Waals surface area contributed by atoms with E-state index in [9.17, 15) is 9.59 Å². The summed E-state index contributed by atoms with van der Waals surface area (Å²) in [4.78, 5) is 26.9. The monoisotopic (exact) mass is 377 g/mol. The van der Waals surface area contributed by atoms with E-state index in [0.29, 0.717) is 6.54 Å². The quantitative estimate of drug-likeness (QED) is 0.844. The SMILES string of the molecule is O=C(NCc1cccc(NC(=O)N2CCCC2)c1)[C@@H]1CCCc2ccccc21. The summed E-state index contributed by atoms with van der Waals surface area (Å²) >= 11 is 0. The Hall–Kier alpha value is -2.82. The number of amides is 3. The number of anilines is 1. The molecular formula is C23H27N3O2. The number of rotatable bonds is 4. The van der Waals surface area contributed by atoms with Crippen LogP contribution in [-0.4, -0.2) is 29.9 Å². The number of urea groups is 1. The fraction of sp³-hybridized carbons (Fsp3) is 0.391. The number of benzene rings is 2. The lowest BCUT2D eigenvalue weighted by Crippen LogP contribution is -2.32. The fourth-order valence-corrected chi connectivity index (χ4v) is 4.22. The smallest absolute Gasteiger partial charge is 0.321 e. The van der Waals surface area contributed by atoms with E-state index < -0.39 is 0 Å². The molecule has 0 aromatic heterocycles. The van der Waals surface area contributed by atoms with Crippen LogP contribution in [0.2, 0.25) is 0 Å². The van der Waals surface area contributed by atoms with Crippen molar-refractivity contribution in [1.82, 2.24) is 10.2 Å². The lowest BCUT2D eigenvalue weighted by Gasteiger charge is -2.24. The van der Waals surface area contributed by atoms with Crippen molar-refractivity contribution in [3.63, 3.8) is 0 Å². The zero-order chi connectivity index (χ0) is 19.3. The van der Waals surface area contributed by atoms with Gasteiger partial charge in [0.1, 0.15) is 0 Å². The van der Waals surface area contributed by atoms with Crippen LogP contribution in [-0.2, 0) is 17.8 Å². The molecule has 28 heavy (non-hydrogen) atoms. The average molecular weight is 377 g/mol. The van der Waals surface area contributed by atoms with Crippen LogP contribution in [0.15, 0.2) is 48.5 Å². The molecule has 0 spiro atoms. The maximum Gasteiger partial charge on any atom is 0.321 e. The molecule has 1 aliphatic heterocycles. The van der Waals surface area contributed by atoms with Crippen molar-refractivity contribution < 1.29 is 9.59 Å². The first-order chi connectivity index (χ1) is 13.7. The van der Waals surface area contributed by atoms with Crippen molar-refractivity contribution in [2.75, 3.05) is 18.4 Å². The highest BCUT2D eigenvalue weighted by atomic mass is 16.2. The molecule has 5 heteroatoms. The van der Waals surface area contributed by atoms with Crippen LogP contribution < -0.4 is 10.6 Å². The Morgan fingerprint density at radius 3 is 2.68 bits per heavy atom. The van der Waals surface area contributed by atoms with Crippen molar-refractivity contribution in [3.8, 4) is 0 Å². The predicted molar refractivity (Wildman–Crippen MR) is 110 cm³/mol. The molecule has 2 aliphatic rings. The number of carbonyl (C=O) groups excluding carboxylic acids is 2. The van der Waals surface area contributed by atoms with Crippen LogP contribution in [0.3, 0.4) is 0 Å². The molecule has 2 aromatic carbocycles. The molecule has 1 aliphatic carbocycles. The molecule has 146 valence electrons. The van der Waals surface area contributed by atoms with Crippen LogP contribution in [0, 0.1) is 0 Å². The highest BCUT2D eigenvalue weighted by Crippen LogP contribution is 2.31. The number of fused-ring (bicyclic) bond motifs is 1. The van der Waals surface area contributed by atoms with Crippen molar-refractivity contribution in [2.24, 2.45) is 0 Å². The Kier molecular flexibility index (Phi) is 5.60. The Morgan fingerprint density at radius 1 is 1.00 bits per heavy atom. The lowest BCUT2D eigenvalue weighted by atomic mass is 9.82. The van der Waals surface area contributed by atoms with Gasteiger partial charge in [-0.05, 0) is 60.9 Å². The molecule has 1 saturated heterocycles. The van der Waals surface area contributed by atoms with Gasteiger partial charge < -0.3 is 15.5 Å². The fourth-order valence-electron chi connectivity index (χ4n) is 4.22. The van der Waals surface area contributed by atoms with Gasteiger partial charge >= 0.3 is 6.03 Å². The van der Waals surface area contributed by atoms with Gasteiger partial charge in [0.05, 0.1) is 5.92 Å². The van der Waals surface area contributed by atoms with Crippen molar-refractivity contribution in [2.45, 2.75) is 44.6 Å². The van der Waals surface area contributed by atoms with Gasteiger partial charge in [-0.3, -0.25) is 4.79 Å². The van der Waals surface area contributed by atoms with Crippen LogP contribution in [0.5, 0.6) is 0 Å². The number of hydrogen-bond donors (Lipinski definition) is 2. The van der Waals surface area contributed by atoms with E-state index in [-0.39, 0.29) is 17.9 Å². The molecular weight excluding hydrogens is 350 g/mol. The third-order valence-electron chi connectivity index (χ3n) is 5.72. The second kappa shape index (κ2) is 8.46. The van der Waals surface area contributed by atoms with Crippen LogP contribution in [0.4, 0.5) is 10.5 Å². The van der Waals surface area contributed by atoms with E-state index in [0.717, 1.165) is 62.0 Å². The van der Waals surface area contributed by atoms with Crippen molar-refractivity contribution in [3.05, 3.63) is 65.2 Å². The summed E-state index contributed by atoms with van der Waals surface area (Å²) in [5.74, 6) is 0.0154. The summed E-state index contributed by atoms with van der Waals surface area (Å²) in [7, 11) is 0. The molecule has 0 saturated carbocycles. The average Bonchev–Trinajstić information content (AvgIpc) is 3.27. The second-order valence-electron chi connectivity index (χ2n) is 7.69. The molecule has 1 atom stereocenters. The van der Waals surface area contributed by atoms with Gasteiger partial charge in [-0.2, -0.15) is 0 Å². The molecule has 3 amide bonds. The van der Waals surface area contributed by atoms with Crippen LogP contribution in [0.1, 0.15) is 48.3 Å². The Morgan fingerprint density at radius 2 is 1.82 bits per heavy atom. The summed E-state index contributed by atoms with van der Waals surface area (Å²) in [6.45, 7) is 2.11. The van der Waals surface area contributed by atoms with Gasteiger partial charge in [-0.25, -0.2) is 4.79 Å². The van der Waals surface area contributed by atoms with Gasteiger partial charge in [-0.1, -0.05) is 36.4 Å². The summed E-state index contributed by atoms with van der Waals surface area (Å²) in [6.07, 6.45) is 5.15. The van der Waals surface area contributed by atoms with Gasteiger partial charge in [0.25, 0.3) is 0 Å². The zero-order valence-corrected chi connectivity index (χ0v) is 16.1. The van der Waals surface area contributed by atoms with Crippen molar-refractivity contribution in [1.29, 1.82) is 0 Å². The predicted octanol–water partition coefficient (Wildman–Crippen LogP) is 4.05. The first-order valence-electron chi connectivity index (χ1n) is 10.2. The molecule has 0 radical (unpaired) electrons. The third-order valence-corrected chi connectivity index (χ3v) is 5.72. The number of likely N-dealkylation sites (tertiary alicyclic amines) is 1. The Balaban J connectivity index is 1.36. The second-order valence-corrected chi connectivity index (χ2v) is 7.69. The third kappa shape index (κ3) is 4.19. The van der Waals surface area contributed by atoms with Gasteiger partial charge in [0, 0.05) is 25.3 Å². The first-order valence-corrected chi connectivity index (χ1v) is 10.2. The summed E-state index contributed by atoms with van der Waals surface area (Å²) in [5, 5.41) is 6.05. The minimum absolute atomic E-state index is 0.0440. The molecule has 0 bridgehead atoms. The highest BCUT2D eigenvalue weighted by molar-refractivity contribution is 5.89. The number of nitrogens with zero attached hydrogens (tertiary/aromatic N) is 1. The topological polar surface area (TPSA) is 61.4 Å². The van der Waals surface area contributed by atoms with Crippen molar-refractivity contribution >= 4 is 17.6 Å². The summed E-state index contributed by atoms with van der Waals surface area (Å²) in [6, 6.07) is 15.9. The Labute approximate surface area is 166 Å².